The van der Waals surface area contributed by atoms with Crippen molar-refractivity contribution in [2.24, 2.45) is 5.92 Å². The molecule has 0 aliphatic heterocycles. The van der Waals surface area contributed by atoms with Gasteiger partial charge in [0, 0.05) is 5.69 Å². The average Bonchev–Trinajstić information content (AvgIpc) is 2.71. The van der Waals surface area contributed by atoms with Gasteiger partial charge in [-0.1, -0.05) is 51.1 Å². The van der Waals surface area contributed by atoms with Gasteiger partial charge in [-0.25, -0.2) is 9.18 Å². The molecule has 0 heterocycles. The van der Waals surface area contributed by atoms with E-state index in [1.54, 1.807) is 13.8 Å². The zero-order valence-electron chi connectivity index (χ0n) is 17.6. The maximum absolute atomic E-state index is 13.8. The highest BCUT2D eigenvalue weighted by Gasteiger charge is 2.27. The summed E-state index contributed by atoms with van der Waals surface area (Å²) in [5.74, 6) is -2.96. The van der Waals surface area contributed by atoms with E-state index in [9.17, 15) is 18.8 Å². The summed E-state index contributed by atoms with van der Waals surface area (Å²) < 4.78 is 18.9. The lowest BCUT2D eigenvalue weighted by Crippen LogP contribution is -2.46. The van der Waals surface area contributed by atoms with E-state index in [1.807, 2.05) is 32.0 Å². The molecule has 2 N–H and O–H groups in total. The number of amides is 2. The topological polar surface area (TPSA) is 84.5 Å². The number of hydrogen-bond donors (Lipinski definition) is 2. The molecule has 2 amide bonds. The van der Waals surface area contributed by atoms with Crippen LogP contribution in [0.5, 0.6) is 0 Å². The molecule has 0 aliphatic carbocycles. The van der Waals surface area contributed by atoms with E-state index < -0.39 is 36.2 Å². The molecule has 0 bridgehead atoms. The van der Waals surface area contributed by atoms with E-state index in [2.05, 4.69) is 10.6 Å². The molecule has 0 fully saturated rings. The third-order valence-corrected chi connectivity index (χ3v) is 4.68. The van der Waals surface area contributed by atoms with Crippen molar-refractivity contribution >= 4 is 23.5 Å². The predicted molar refractivity (Wildman–Crippen MR) is 113 cm³/mol. The fourth-order valence-electron chi connectivity index (χ4n) is 2.97. The summed E-state index contributed by atoms with van der Waals surface area (Å²) in [6.07, 6.45) is 0.745. The third kappa shape index (κ3) is 5.89. The van der Waals surface area contributed by atoms with Gasteiger partial charge in [0.05, 0.1) is 5.56 Å². The summed E-state index contributed by atoms with van der Waals surface area (Å²) in [5, 5.41) is 5.26. The molecule has 0 radical (unpaired) electrons. The smallest absolute Gasteiger partial charge is 0.329 e. The van der Waals surface area contributed by atoms with E-state index in [-0.39, 0.29) is 11.5 Å². The van der Waals surface area contributed by atoms with E-state index >= 15 is 0 Å². The van der Waals surface area contributed by atoms with Gasteiger partial charge in [0.25, 0.3) is 11.8 Å². The Morgan fingerprint density at radius 3 is 2.40 bits per heavy atom. The minimum absolute atomic E-state index is 0.166. The number of nitrogens with one attached hydrogen (secondary N) is 2. The number of benzene rings is 2. The Morgan fingerprint density at radius 1 is 1.07 bits per heavy atom. The van der Waals surface area contributed by atoms with E-state index in [0.29, 0.717) is 5.69 Å². The third-order valence-electron chi connectivity index (χ3n) is 4.68. The fraction of sp³-hybridized carbons (Fsp3) is 0.348. The largest absolute Gasteiger partial charge is 0.454 e. The molecule has 0 aromatic heterocycles. The molecule has 6 nitrogen and oxygen atoms in total. The molecule has 160 valence electrons. The Kier molecular flexibility index (Phi) is 8.09. The van der Waals surface area contributed by atoms with Crippen LogP contribution in [0.1, 0.15) is 42.3 Å². The molecular weight excluding hydrogens is 387 g/mol. The molecule has 7 heteroatoms. The fourth-order valence-corrected chi connectivity index (χ4v) is 2.97. The van der Waals surface area contributed by atoms with Crippen LogP contribution in [0.15, 0.2) is 42.5 Å². The lowest BCUT2D eigenvalue weighted by atomic mass is 10.0. The Bertz CT molecular complexity index is 927. The Morgan fingerprint density at radius 2 is 1.77 bits per heavy atom. The molecule has 0 aliphatic rings. The molecule has 0 spiro atoms. The van der Waals surface area contributed by atoms with Crippen molar-refractivity contribution in [3.8, 4) is 0 Å². The van der Waals surface area contributed by atoms with Gasteiger partial charge >= 0.3 is 5.97 Å². The quantitative estimate of drug-likeness (QED) is 0.646. The Labute approximate surface area is 175 Å². The summed E-state index contributed by atoms with van der Waals surface area (Å²) in [6.45, 7) is 6.81. The maximum atomic E-state index is 13.8. The second-order valence-electron chi connectivity index (χ2n) is 7.29. The molecule has 0 saturated carbocycles. The van der Waals surface area contributed by atoms with Crippen LogP contribution in [0.25, 0.3) is 0 Å². The van der Waals surface area contributed by atoms with Gasteiger partial charge in [0.15, 0.2) is 6.61 Å². The van der Waals surface area contributed by atoms with Crippen LogP contribution >= 0.6 is 0 Å². The highest BCUT2D eigenvalue weighted by molar-refractivity contribution is 5.98. The first-order valence-corrected chi connectivity index (χ1v) is 9.85. The molecule has 30 heavy (non-hydrogen) atoms. The first kappa shape index (κ1) is 23.1. The number of esters is 1. The number of anilines is 1. The lowest BCUT2D eigenvalue weighted by Gasteiger charge is -2.21. The van der Waals surface area contributed by atoms with Crippen LogP contribution in [0.2, 0.25) is 0 Å². The normalized spacial score (nSPS) is 11.7. The number of ether oxygens (including phenoxy) is 1. The molecular formula is C23H27FN2O4. The maximum Gasteiger partial charge on any atom is 0.329 e. The number of aryl methyl sites for hydroxylation is 2. The molecule has 2 aromatic carbocycles. The molecule has 2 aromatic rings. The SMILES string of the molecule is CCc1cccc(C)c1NC(=O)COC(=O)[C@@H](NC(=O)c1ccccc1F)C(C)C. The van der Waals surface area contributed by atoms with Gasteiger partial charge < -0.3 is 15.4 Å². The Balaban J connectivity index is 1.99. The zero-order valence-corrected chi connectivity index (χ0v) is 17.6. The molecule has 2 rings (SSSR count). The zero-order chi connectivity index (χ0) is 22.3. The standard InChI is InChI=1S/C23H27FN2O4/c1-5-16-10-8-9-15(4)21(16)25-19(27)13-30-23(29)20(14(2)3)26-22(28)17-11-6-7-12-18(17)24/h6-12,14,20H,5,13H2,1-4H3,(H,25,27)(H,26,28)/t20-/m0/s1. The number of carbonyl (C=O) groups is 3. The van der Waals surface area contributed by atoms with Crippen molar-refractivity contribution in [1.82, 2.24) is 5.32 Å². The summed E-state index contributed by atoms with van der Waals surface area (Å²) in [7, 11) is 0. The van der Waals surface area contributed by atoms with Crippen LogP contribution < -0.4 is 10.6 Å². The van der Waals surface area contributed by atoms with Gasteiger partial charge in [-0.2, -0.15) is 0 Å². The van der Waals surface area contributed by atoms with E-state index in [1.165, 1.54) is 18.2 Å². The van der Waals surface area contributed by atoms with Crippen LogP contribution in [0, 0.1) is 18.7 Å². The van der Waals surface area contributed by atoms with Crippen molar-refractivity contribution in [3.05, 3.63) is 65.0 Å². The van der Waals surface area contributed by atoms with Gasteiger partial charge in [-0.15, -0.1) is 0 Å². The summed E-state index contributed by atoms with van der Waals surface area (Å²) >= 11 is 0. The minimum Gasteiger partial charge on any atom is -0.454 e. The first-order chi connectivity index (χ1) is 14.2. The van der Waals surface area contributed by atoms with Crippen LogP contribution in [0.3, 0.4) is 0 Å². The monoisotopic (exact) mass is 414 g/mol. The van der Waals surface area contributed by atoms with Gasteiger partial charge in [0.2, 0.25) is 0 Å². The summed E-state index contributed by atoms with van der Waals surface area (Å²) in [4.78, 5) is 37.1. The lowest BCUT2D eigenvalue weighted by molar-refractivity contribution is -0.150. The summed E-state index contributed by atoms with van der Waals surface area (Å²) in [6, 6.07) is 10.2. The highest BCUT2D eigenvalue weighted by Crippen LogP contribution is 2.21. The van der Waals surface area contributed by atoms with Crippen molar-refractivity contribution in [2.45, 2.75) is 40.2 Å². The predicted octanol–water partition coefficient (Wildman–Crippen LogP) is 3.63. The van der Waals surface area contributed by atoms with Crippen molar-refractivity contribution in [1.29, 1.82) is 0 Å². The van der Waals surface area contributed by atoms with Crippen LogP contribution in [0.4, 0.5) is 10.1 Å². The van der Waals surface area contributed by atoms with Crippen molar-refractivity contribution in [2.75, 3.05) is 11.9 Å². The second-order valence-corrected chi connectivity index (χ2v) is 7.29. The second kappa shape index (κ2) is 10.5. The highest BCUT2D eigenvalue weighted by atomic mass is 19.1. The molecule has 0 unspecified atom stereocenters. The van der Waals surface area contributed by atoms with E-state index in [0.717, 1.165) is 23.6 Å². The summed E-state index contributed by atoms with van der Waals surface area (Å²) in [5.41, 5.74) is 2.42. The minimum atomic E-state index is -1.02. The molecule has 0 saturated heterocycles. The Hall–Kier alpha value is -3.22. The van der Waals surface area contributed by atoms with Gasteiger partial charge in [-0.05, 0) is 42.5 Å². The van der Waals surface area contributed by atoms with E-state index in [4.69, 9.17) is 4.74 Å². The van der Waals surface area contributed by atoms with Gasteiger partial charge in [-0.3, -0.25) is 9.59 Å². The van der Waals surface area contributed by atoms with Crippen LogP contribution in [-0.4, -0.2) is 30.4 Å². The number of rotatable bonds is 8. The van der Waals surface area contributed by atoms with Gasteiger partial charge in [0.1, 0.15) is 11.9 Å². The molecule has 1 atom stereocenters. The first-order valence-electron chi connectivity index (χ1n) is 9.85. The number of hydrogen-bond acceptors (Lipinski definition) is 4. The number of halogens is 1. The number of carbonyl (C=O) groups excluding carboxylic acids is 3. The van der Waals surface area contributed by atoms with Crippen molar-refractivity contribution < 1.29 is 23.5 Å². The van der Waals surface area contributed by atoms with Crippen LogP contribution in [-0.2, 0) is 20.7 Å². The average molecular weight is 414 g/mol. The number of para-hydroxylation sites is 1. The van der Waals surface area contributed by atoms with Crippen molar-refractivity contribution in [3.63, 3.8) is 0 Å².